The number of nitrogens with zero attached hydrogens (tertiary/aromatic N) is 1. The first-order chi connectivity index (χ1) is 7.84. The van der Waals surface area contributed by atoms with Crippen molar-refractivity contribution in [2.75, 3.05) is 39.4 Å². The number of carbonyl (C=O) groups excluding carboxylic acids is 1. The number of rotatable bonds is 1. The quantitative estimate of drug-likeness (QED) is 0.686. The summed E-state index contributed by atoms with van der Waals surface area (Å²) in [5.41, 5.74) is 0. The first kappa shape index (κ1) is 10.5. The minimum absolute atomic E-state index is 0.235. The van der Waals surface area contributed by atoms with Crippen LogP contribution in [0.25, 0.3) is 0 Å². The van der Waals surface area contributed by atoms with Gasteiger partial charge in [-0.1, -0.05) is 0 Å². The third-order valence-electron chi connectivity index (χ3n) is 4.28. The number of piperidine rings is 1. The van der Waals surface area contributed by atoms with Gasteiger partial charge in [0.2, 0.25) is 5.91 Å². The van der Waals surface area contributed by atoms with Crippen molar-refractivity contribution < 1.29 is 9.53 Å². The number of nitrogens with one attached hydrogen (secondary N) is 1. The van der Waals surface area contributed by atoms with E-state index in [1.54, 1.807) is 0 Å². The fourth-order valence-corrected chi connectivity index (χ4v) is 3.18. The van der Waals surface area contributed by atoms with Gasteiger partial charge in [-0.2, -0.15) is 0 Å². The van der Waals surface area contributed by atoms with E-state index in [0.29, 0.717) is 17.7 Å². The molecule has 90 valence electrons. The van der Waals surface area contributed by atoms with Gasteiger partial charge in [-0.25, -0.2) is 0 Å². The molecule has 0 aliphatic carbocycles. The number of hydrogen-bond donors (Lipinski definition) is 1. The van der Waals surface area contributed by atoms with Crippen LogP contribution in [-0.2, 0) is 9.53 Å². The summed E-state index contributed by atoms with van der Waals surface area (Å²) in [6.07, 6.45) is 2.15. The minimum atomic E-state index is 0.235. The zero-order valence-corrected chi connectivity index (χ0v) is 9.65. The highest BCUT2D eigenvalue weighted by molar-refractivity contribution is 5.79. The smallest absolute Gasteiger partial charge is 0.227 e. The van der Waals surface area contributed by atoms with Crippen LogP contribution in [0.2, 0.25) is 0 Å². The lowest BCUT2D eigenvalue weighted by molar-refractivity contribution is -0.137. The van der Waals surface area contributed by atoms with Crippen molar-refractivity contribution in [2.24, 2.45) is 17.8 Å². The fourth-order valence-electron chi connectivity index (χ4n) is 3.18. The van der Waals surface area contributed by atoms with E-state index in [0.717, 1.165) is 52.2 Å². The maximum Gasteiger partial charge on any atom is 0.227 e. The molecule has 0 radical (unpaired) electrons. The molecule has 3 fully saturated rings. The van der Waals surface area contributed by atoms with E-state index in [-0.39, 0.29) is 5.92 Å². The Labute approximate surface area is 96.3 Å². The molecule has 0 bridgehead atoms. The van der Waals surface area contributed by atoms with Crippen LogP contribution in [0, 0.1) is 17.8 Å². The van der Waals surface area contributed by atoms with Crippen molar-refractivity contribution in [1.82, 2.24) is 10.2 Å². The van der Waals surface area contributed by atoms with Crippen molar-refractivity contribution in [3.05, 3.63) is 0 Å². The molecule has 0 spiro atoms. The van der Waals surface area contributed by atoms with Crippen molar-refractivity contribution >= 4 is 5.91 Å². The van der Waals surface area contributed by atoms with Crippen LogP contribution in [-0.4, -0.2) is 50.2 Å². The van der Waals surface area contributed by atoms with Crippen LogP contribution in [0.15, 0.2) is 0 Å². The lowest BCUT2D eigenvalue weighted by atomic mass is 9.88. The van der Waals surface area contributed by atoms with E-state index >= 15 is 0 Å². The molecule has 4 heteroatoms. The summed E-state index contributed by atoms with van der Waals surface area (Å²) >= 11 is 0. The second-order valence-corrected chi connectivity index (χ2v) is 5.32. The third kappa shape index (κ3) is 1.84. The van der Waals surface area contributed by atoms with Gasteiger partial charge in [-0.15, -0.1) is 0 Å². The predicted octanol–water partition coefficient (Wildman–Crippen LogP) is 0.0908. The summed E-state index contributed by atoms with van der Waals surface area (Å²) in [4.78, 5) is 14.3. The molecule has 0 aromatic carbocycles. The summed E-state index contributed by atoms with van der Waals surface area (Å²) in [6, 6.07) is 0. The number of hydrogen-bond acceptors (Lipinski definition) is 3. The molecule has 0 aromatic rings. The summed E-state index contributed by atoms with van der Waals surface area (Å²) in [6.45, 7) is 5.52. The van der Waals surface area contributed by atoms with Crippen molar-refractivity contribution in [1.29, 1.82) is 0 Å². The van der Waals surface area contributed by atoms with Gasteiger partial charge in [0.15, 0.2) is 0 Å². The highest BCUT2D eigenvalue weighted by Gasteiger charge is 2.37. The molecule has 3 heterocycles. The number of carbonyl (C=O) groups is 1. The Morgan fingerprint density at radius 3 is 2.94 bits per heavy atom. The Morgan fingerprint density at radius 1 is 1.25 bits per heavy atom. The van der Waals surface area contributed by atoms with Gasteiger partial charge in [-0.05, 0) is 25.3 Å². The van der Waals surface area contributed by atoms with Gasteiger partial charge < -0.3 is 15.0 Å². The van der Waals surface area contributed by atoms with Crippen molar-refractivity contribution in [3.8, 4) is 0 Å². The van der Waals surface area contributed by atoms with E-state index in [4.69, 9.17) is 4.74 Å². The van der Waals surface area contributed by atoms with E-state index in [9.17, 15) is 4.79 Å². The topological polar surface area (TPSA) is 41.6 Å². The van der Waals surface area contributed by atoms with E-state index in [1.165, 1.54) is 0 Å². The van der Waals surface area contributed by atoms with Gasteiger partial charge in [0.05, 0.1) is 12.5 Å². The van der Waals surface area contributed by atoms with Gasteiger partial charge in [0.25, 0.3) is 0 Å². The highest BCUT2D eigenvalue weighted by atomic mass is 16.5. The number of ether oxygens (including phenoxy) is 1. The van der Waals surface area contributed by atoms with Gasteiger partial charge >= 0.3 is 0 Å². The van der Waals surface area contributed by atoms with Gasteiger partial charge in [-0.3, -0.25) is 4.79 Å². The standard InChI is InChI=1S/C12H20N2O2/c15-12(9-1-3-13-5-9)14-4-2-10-7-16-8-11(10)6-14/h9-11,13H,1-8H2/t9-,10+,11-/m1/s1. The SMILES string of the molecule is O=C([C@@H]1CCNC1)N1CC[C@H]2COC[C@H]2C1. The lowest BCUT2D eigenvalue weighted by Gasteiger charge is -2.35. The number of likely N-dealkylation sites (tertiary alicyclic amines) is 1. The summed E-state index contributed by atoms with van der Waals surface area (Å²) in [5.74, 6) is 1.92. The van der Waals surface area contributed by atoms with Crippen LogP contribution < -0.4 is 5.32 Å². The molecule has 1 amide bonds. The predicted molar refractivity (Wildman–Crippen MR) is 60.0 cm³/mol. The lowest BCUT2D eigenvalue weighted by Crippen LogP contribution is -2.46. The molecule has 3 rings (SSSR count). The first-order valence-electron chi connectivity index (χ1n) is 6.42. The molecule has 4 nitrogen and oxygen atoms in total. The second-order valence-electron chi connectivity index (χ2n) is 5.32. The molecule has 0 saturated carbocycles. The summed E-state index contributed by atoms with van der Waals surface area (Å²) < 4.78 is 5.49. The zero-order chi connectivity index (χ0) is 11.0. The van der Waals surface area contributed by atoms with Crippen LogP contribution in [0.1, 0.15) is 12.8 Å². The van der Waals surface area contributed by atoms with Gasteiger partial charge in [0, 0.05) is 32.2 Å². The molecule has 1 N–H and O–H groups in total. The zero-order valence-electron chi connectivity index (χ0n) is 9.65. The number of amides is 1. The van der Waals surface area contributed by atoms with Crippen LogP contribution in [0.4, 0.5) is 0 Å². The minimum Gasteiger partial charge on any atom is -0.381 e. The summed E-state index contributed by atoms with van der Waals surface area (Å²) in [7, 11) is 0. The molecule has 0 aromatic heterocycles. The summed E-state index contributed by atoms with van der Waals surface area (Å²) in [5, 5.41) is 3.27. The molecule has 0 unspecified atom stereocenters. The Morgan fingerprint density at radius 2 is 2.12 bits per heavy atom. The van der Waals surface area contributed by atoms with Gasteiger partial charge in [0.1, 0.15) is 0 Å². The van der Waals surface area contributed by atoms with Crippen molar-refractivity contribution in [2.45, 2.75) is 12.8 Å². The third-order valence-corrected chi connectivity index (χ3v) is 4.28. The normalized spacial score (nSPS) is 38.8. The van der Waals surface area contributed by atoms with Crippen molar-refractivity contribution in [3.63, 3.8) is 0 Å². The largest absolute Gasteiger partial charge is 0.381 e. The molecule has 16 heavy (non-hydrogen) atoms. The Bertz CT molecular complexity index is 276. The van der Waals surface area contributed by atoms with E-state index < -0.39 is 0 Å². The molecule has 3 aliphatic rings. The molecule has 3 atom stereocenters. The average Bonchev–Trinajstić information content (AvgIpc) is 2.98. The van der Waals surface area contributed by atoms with E-state index in [1.807, 2.05) is 0 Å². The Kier molecular flexibility index (Phi) is 2.86. The highest BCUT2D eigenvalue weighted by Crippen LogP contribution is 2.30. The fraction of sp³-hybridized carbons (Fsp3) is 0.917. The Hall–Kier alpha value is -0.610. The molecule has 3 aliphatic heterocycles. The Balaban J connectivity index is 1.60. The molecular formula is C12H20N2O2. The maximum absolute atomic E-state index is 12.2. The van der Waals surface area contributed by atoms with Crippen LogP contribution in [0.3, 0.4) is 0 Å². The second kappa shape index (κ2) is 4.34. The average molecular weight is 224 g/mol. The van der Waals surface area contributed by atoms with Crippen LogP contribution >= 0.6 is 0 Å². The molecule has 3 saturated heterocycles. The van der Waals surface area contributed by atoms with E-state index in [2.05, 4.69) is 10.2 Å². The first-order valence-corrected chi connectivity index (χ1v) is 6.42. The molecular weight excluding hydrogens is 204 g/mol. The monoisotopic (exact) mass is 224 g/mol. The van der Waals surface area contributed by atoms with Crippen LogP contribution in [0.5, 0.6) is 0 Å². The maximum atomic E-state index is 12.2. The number of fused-ring (bicyclic) bond motifs is 1.